The molecule has 16 heavy (non-hydrogen) atoms. The van der Waals surface area contributed by atoms with Crippen LogP contribution in [0.4, 0.5) is 0 Å². The molecule has 0 aliphatic heterocycles. The zero-order valence-electron chi connectivity index (χ0n) is 9.67. The lowest BCUT2D eigenvalue weighted by atomic mass is 10.1. The van der Waals surface area contributed by atoms with Gasteiger partial charge in [0, 0.05) is 0 Å². The normalized spacial score (nSPS) is 13.6. The first-order valence-electron chi connectivity index (χ1n) is 5.13. The molecular weight excluding hydrogens is 227 g/mol. The second-order valence-corrected chi connectivity index (χ2v) is 5.59. The maximum absolute atomic E-state index is 11.1. The third kappa shape index (κ3) is 3.34. The number of aryl methyl sites for hydroxylation is 2. The van der Waals surface area contributed by atoms with Crippen LogP contribution in [0.3, 0.4) is 0 Å². The van der Waals surface area contributed by atoms with Crippen molar-refractivity contribution in [2.24, 2.45) is 0 Å². The molecule has 0 heterocycles. The van der Waals surface area contributed by atoms with E-state index in [0.29, 0.717) is 5.75 Å². The summed E-state index contributed by atoms with van der Waals surface area (Å²) in [5.74, 6) is -0.533. The molecule has 90 valence electrons. The molecule has 0 bridgehead atoms. The molecule has 0 amide bonds. The molecule has 0 spiro atoms. The van der Waals surface area contributed by atoms with Crippen molar-refractivity contribution in [2.75, 3.05) is 0 Å². The van der Waals surface area contributed by atoms with E-state index in [9.17, 15) is 4.57 Å². The summed E-state index contributed by atoms with van der Waals surface area (Å²) in [6, 6.07) is 5.51. The Kier molecular flexibility index (Phi) is 4.14. The van der Waals surface area contributed by atoms with Gasteiger partial charge in [-0.05, 0) is 31.9 Å². The van der Waals surface area contributed by atoms with Crippen LogP contribution in [0.5, 0.6) is 5.75 Å². The first-order chi connectivity index (χ1) is 7.34. The molecule has 0 aliphatic carbocycles. The lowest BCUT2D eigenvalue weighted by Gasteiger charge is -2.19. The summed E-state index contributed by atoms with van der Waals surface area (Å²) in [5, 5.41) is 0. The third-order valence-electron chi connectivity index (χ3n) is 2.32. The molecule has 0 saturated heterocycles. The van der Waals surface area contributed by atoms with Crippen LogP contribution in [0.1, 0.15) is 24.5 Å². The van der Waals surface area contributed by atoms with Crippen molar-refractivity contribution in [3.63, 3.8) is 0 Å². The Morgan fingerprint density at radius 2 is 2.00 bits per heavy atom. The molecule has 0 fully saturated rings. The Bertz CT molecular complexity index is 410. The van der Waals surface area contributed by atoms with Gasteiger partial charge in [-0.25, -0.2) is 0 Å². The Labute approximate surface area is 95.4 Å². The fourth-order valence-electron chi connectivity index (χ4n) is 1.47. The minimum Gasteiger partial charge on any atom is -0.478 e. The van der Waals surface area contributed by atoms with E-state index in [1.807, 2.05) is 26.0 Å². The van der Waals surface area contributed by atoms with Gasteiger partial charge in [0.05, 0.1) is 0 Å². The summed E-state index contributed by atoms with van der Waals surface area (Å²) in [4.78, 5) is 18.1. The van der Waals surface area contributed by atoms with E-state index in [0.717, 1.165) is 11.1 Å². The first kappa shape index (κ1) is 13.2. The van der Waals surface area contributed by atoms with Gasteiger partial charge in [-0.2, -0.15) is 0 Å². The second-order valence-electron chi connectivity index (χ2n) is 3.84. The van der Waals surface area contributed by atoms with Crippen molar-refractivity contribution in [1.82, 2.24) is 0 Å². The molecular formula is C11H17O4P. The average Bonchev–Trinajstić information content (AvgIpc) is 2.14. The Hall–Kier alpha value is -0.830. The van der Waals surface area contributed by atoms with Gasteiger partial charge in [0.25, 0.3) is 0 Å². The Morgan fingerprint density at radius 1 is 1.38 bits per heavy atom. The third-order valence-corrected chi connectivity index (χ3v) is 3.54. The molecule has 5 heteroatoms. The predicted molar refractivity (Wildman–Crippen MR) is 62.7 cm³/mol. The summed E-state index contributed by atoms with van der Waals surface area (Å²) in [7, 11) is -4.20. The molecule has 0 saturated carbocycles. The van der Waals surface area contributed by atoms with Gasteiger partial charge in [-0.1, -0.05) is 24.6 Å². The van der Waals surface area contributed by atoms with Crippen LogP contribution in [0.2, 0.25) is 0 Å². The van der Waals surface area contributed by atoms with Crippen molar-refractivity contribution in [2.45, 2.75) is 33.0 Å². The van der Waals surface area contributed by atoms with Gasteiger partial charge >= 0.3 is 7.60 Å². The quantitative estimate of drug-likeness (QED) is 0.799. The lowest BCUT2D eigenvalue weighted by molar-refractivity contribution is 0.218. The van der Waals surface area contributed by atoms with Gasteiger partial charge < -0.3 is 14.5 Å². The molecule has 0 radical (unpaired) electrons. The predicted octanol–water partition coefficient (Wildman–Crippen LogP) is 2.60. The minimum atomic E-state index is -4.20. The standard InChI is InChI=1S/C11H17O4P/c1-4-11(16(12,13)14)15-10-6-5-8(2)7-9(10)3/h5-7,11H,4H2,1-3H3,(H2,12,13,14). The monoisotopic (exact) mass is 244 g/mol. The lowest BCUT2D eigenvalue weighted by Crippen LogP contribution is -2.16. The number of rotatable bonds is 4. The van der Waals surface area contributed by atoms with Crippen LogP contribution in [0, 0.1) is 13.8 Å². The molecule has 2 N–H and O–H groups in total. The first-order valence-corrected chi connectivity index (χ1v) is 6.82. The number of ether oxygens (including phenoxy) is 1. The molecule has 1 atom stereocenters. The van der Waals surface area contributed by atoms with E-state index >= 15 is 0 Å². The Balaban J connectivity index is 2.91. The smallest absolute Gasteiger partial charge is 0.365 e. The van der Waals surface area contributed by atoms with Crippen molar-refractivity contribution in [1.29, 1.82) is 0 Å². The highest BCUT2D eigenvalue weighted by Gasteiger charge is 2.29. The fourth-order valence-corrected chi connectivity index (χ4v) is 2.19. The van der Waals surface area contributed by atoms with Crippen molar-refractivity contribution in [3.8, 4) is 5.75 Å². The van der Waals surface area contributed by atoms with Crippen LogP contribution in [0.25, 0.3) is 0 Å². The van der Waals surface area contributed by atoms with Crippen LogP contribution in [0.15, 0.2) is 18.2 Å². The molecule has 4 nitrogen and oxygen atoms in total. The SMILES string of the molecule is CCC(Oc1ccc(C)cc1C)P(=O)(O)O. The number of hydrogen-bond donors (Lipinski definition) is 2. The van der Waals surface area contributed by atoms with Gasteiger partial charge in [-0.3, -0.25) is 4.57 Å². The van der Waals surface area contributed by atoms with E-state index in [2.05, 4.69) is 0 Å². The number of hydrogen-bond acceptors (Lipinski definition) is 2. The molecule has 1 unspecified atom stereocenters. The van der Waals surface area contributed by atoms with Crippen molar-refractivity contribution in [3.05, 3.63) is 29.3 Å². The Morgan fingerprint density at radius 3 is 2.44 bits per heavy atom. The highest BCUT2D eigenvalue weighted by molar-refractivity contribution is 7.52. The largest absolute Gasteiger partial charge is 0.478 e. The van der Waals surface area contributed by atoms with Gasteiger partial charge in [-0.15, -0.1) is 0 Å². The second kappa shape index (κ2) is 5.00. The van der Waals surface area contributed by atoms with Crippen molar-refractivity contribution >= 4 is 7.60 Å². The van der Waals surface area contributed by atoms with E-state index in [4.69, 9.17) is 14.5 Å². The van der Waals surface area contributed by atoms with E-state index in [-0.39, 0.29) is 6.42 Å². The maximum atomic E-state index is 11.1. The van der Waals surface area contributed by atoms with Crippen molar-refractivity contribution < 1.29 is 19.1 Å². The molecule has 1 rings (SSSR count). The summed E-state index contributed by atoms with van der Waals surface area (Å²) in [5.41, 5.74) is 1.97. The molecule has 0 aliphatic rings. The molecule has 0 aromatic heterocycles. The zero-order chi connectivity index (χ0) is 12.3. The van der Waals surface area contributed by atoms with E-state index < -0.39 is 13.4 Å². The van der Waals surface area contributed by atoms with Gasteiger partial charge in [0.1, 0.15) is 5.75 Å². The van der Waals surface area contributed by atoms with Crippen LogP contribution in [-0.4, -0.2) is 15.6 Å². The highest BCUT2D eigenvalue weighted by atomic mass is 31.2. The average molecular weight is 244 g/mol. The minimum absolute atomic E-state index is 0.275. The molecule has 1 aromatic rings. The zero-order valence-corrected chi connectivity index (χ0v) is 10.6. The summed E-state index contributed by atoms with van der Waals surface area (Å²) < 4.78 is 16.5. The topological polar surface area (TPSA) is 66.8 Å². The van der Waals surface area contributed by atoms with Gasteiger partial charge in [0.15, 0.2) is 5.85 Å². The molecule has 1 aromatic carbocycles. The van der Waals surface area contributed by atoms with Crippen LogP contribution >= 0.6 is 7.60 Å². The van der Waals surface area contributed by atoms with E-state index in [1.54, 1.807) is 13.0 Å². The van der Waals surface area contributed by atoms with Crippen LogP contribution in [-0.2, 0) is 4.57 Å². The summed E-state index contributed by atoms with van der Waals surface area (Å²) in [6.07, 6.45) is 0.275. The maximum Gasteiger partial charge on any atom is 0.365 e. The van der Waals surface area contributed by atoms with Gasteiger partial charge in [0.2, 0.25) is 0 Å². The number of benzene rings is 1. The van der Waals surface area contributed by atoms with E-state index in [1.165, 1.54) is 0 Å². The van der Waals surface area contributed by atoms with Crippen LogP contribution < -0.4 is 4.74 Å². The summed E-state index contributed by atoms with van der Waals surface area (Å²) in [6.45, 7) is 5.50. The highest BCUT2D eigenvalue weighted by Crippen LogP contribution is 2.44. The fraction of sp³-hybridized carbons (Fsp3) is 0.455. The summed E-state index contributed by atoms with van der Waals surface area (Å²) >= 11 is 0.